The summed E-state index contributed by atoms with van der Waals surface area (Å²) in [7, 11) is -1.15. The van der Waals surface area contributed by atoms with Crippen molar-refractivity contribution < 1.29 is 23.4 Å². The average Bonchev–Trinajstić information content (AvgIpc) is 3.40. The van der Waals surface area contributed by atoms with Gasteiger partial charge in [0.2, 0.25) is 0 Å². The Hall–Kier alpha value is -1.29. The highest BCUT2D eigenvalue weighted by Crippen LogP contribution is 2.79. The van der Waals surface area contributed by atoms with Crippen molar-refractivity contribution in [2.24, 2.45) is 50.7 Å². The molecule has 52 heavy (non-hydrogen) atoms. The fraction of sp³-hybridized carbons (Fsp3) is 0.818. The number of rotatable bonds is 9. The van der Waals surface area contributed by atoms with E-state index in [9.17, 15) is 18.6 Å². The summed E-state index contributed by atoms with van der Waals surface area (Å²) >= 11 is 0. The molecule has 0 spiro atoms. The van der Waals surface area contributed by atoms with Crippen LogP contribution in [0.3, 0.4) is 0 Å². The molecule has 292 valence electrons. The van der Waals surface area contributed by atoms with Crippen LogP contribution in [0.2, 0.25) is 0 Å². The molecule has 8 heteroatoms. The molecule has 0 aromatic heterocycles. The highest BCUT2D eigenvalue weighted by molar-refractivity contribution is 7.91. The van der Waals surface area contributed by atoms with Crippen molar-refractivity contribution in [2.75, 3.05) is 51.4 Å². The molecule has 1 heterocycles. The van der Waals surface area contributed by atoms with Crippen LogP contribution in [0.25, 0.3) is 5.57 Å². The number of nitrogens with zero attached hydrogens (tertiary/aromatic N) is 1. The number of fused-ring (bicyclic) bond motifs is 7. The van der Waals surface area contributed by atoms with Crippen LogP contribution < -0.4 is 5.32 Å². The highest BCUT2D eigenvalue weighted by Gasteiger charge is 2.75. The normalized spacial score (nSPS) is 43.7. The van der Waals surface area contributed by atoms with E-state index in [4.69, 9.17) is 4.74 Å². The number of methoxy groups -OCH3 is 1. The number of sulfone groups is 1. The van der Waals surface area contributed by atoms with E-state index in [1.165, 1.54) is 48.8 Å². The van der Waals surface area contributed by atoms with E-state index < -0.39 is 15.4 Å². The SMILES string of the molecule is COCc1ccc(C2=CCC3(C)C(CCC4(C)C3CCC3C4(C)CCC4(NCCN5CCS(=O)(=O)CC5)CCC(C(C)(O)CO)C34C)C2(C)C)cc1. The fourth-order valence-electron chi connectivity index (χ4n) is 15.0. The number of allylic oxidation sites excluding steroid dienone is 2. The van der Waals surface area contributed by atoms with E-state index in [1.54, 1.807) is 7.11 Å². The molecule has 6 aliphatic rings. The number of ether oxygens (including phenoxy) is 1. The monoisotopic (exact) mass is 739 g/mol. The summed E-state index contributed by atoms with van der Waals surface area (Å²) in [6.45, 7) is 20.7. The van der Waals surface area contributed by atoms with Gasteiger partial charge in [0.1, 0.15) is 0 Å². The maximum Gasteiger partial charge on any atom is 0.152 e. The third kappa shape index (κ3) is 5.68. The first kappa shape index (κ1) is 39.0. The van der Waals surface area contributed by atoms with Gasteiger partial charge in [-0.25, -0.2) is 8.42 Å². The van der Waals surface area contributed by atoms with Gasteiger partial charge in [0.15, 0.2) is 9.84 Å². The Morgan fingerprint density at radius 2 is 1.54 bits per heavy atom. The lowest BCUT2D eigenvalue weighted by atomic mass is 9.31. The Labute approximate surface area is 315 Å². The molecular weight excluding hydrogens is 669 g/mol. The van der Waals surface area contributed by atoms with E-state index >= 15 is 0 Å². The van der Waals surface area contributed by atoms with E-state index in [-0.39, 0.29) is 56.6 Å². The third-order valence-corrected chi connectivity index (χ3v) is 19.4. The summed E-state index contributed by atoms with van der Waals surface area (Å²) in [5.41, 5.74) is 3.22. The molecule has 1 aromatic carbocycles. The Morgan fingerprint density at radius 1 is 0.885 bits per heavy atom. The lowest BCUT2D eigenvalue weighted by molar-refractivity contribution is -0.251. The lowest BCUT2D eigenvalue weighted by Gasteiger charge is -2.74. The number of hydrogen-bond donors (Lipinski definition) is 3. The van der Waals surface area contributed by atoms with Crippen LogP contribution in [0.1, 0.15) is 117 Å². The van der Waals surface area contributed by atoms with Crippen LogP contribution in [0.4, 0.5) is 0 Å². The van der Waals surface area contributed by atoms with Crippen LogP contribution >= 0.6 is 0 Å². The van der Waals surface area contributed by atoms with Crippen molar-refractivity contribution in [1.29, 1.82) is 0 Å². The third-order valence-electron chi connectivity index (χ3n) is 17.8. The maximum absolute atomic E-state index is 12.1. The Bertz CT molecular complexity index is 1630. The first-order valence-electron chi connectivity index (χ1n) is 20.6. The van der Waals surface area contributed by atoms with Crippen molar-refractivity contribution in [3.8, 4) is 0 Å². The second-order valence-corrected chi connectivity index (χ2v) is 22.5. The fourth-order valence-corrected chi connectivity index (χ4v) is 16.3. The topological polar surface area (TPSA) is 99.1 Å². The Morgan fingerprint density at radius 3 is 2.19 bits per heavy atom. The van der Waals surface area contributed by atoms with E-state index in [0.29, 0.717) is 37.5 Å². The van der Waals surface area contributed by atoms with Gasteiger partial charge in [0.05, 0.1) is 30.3 Å². The number of benzene rings is 1. The molecule has 7 nitrogen and oxygen atoms in total. The van der Waals surface area contributed by atoms with Gasteiger partial charge >= 0.3 is 0 Å². The quantitative estimate of drug-likeness (QED) is 0.249. The zero-order valence-electron chi connectivity index (χ0n) is 33.7. The van der Waals surface area contributed by atoms with Crippen molar-refractivity contribution in [3.05, 3.63) is 41.5 Å². The van der Waals surface area contributed by atoms with Gasteiger partial charge in [0.25, 0.3) is 0 Å². The zero-order chi connectivity index (χ0) is 37.6. The highest BCUT2D eigenvalue weighted by atomic mass is 32.2. The summed E-state index contributed by atoms with van der Waals surface area (Å²) in [5, 5.41) is 26.8. The number of aliphatic hydroxyl groups is 2. The van der Waals surface area contributed by atoms with Crippen LogP contribution in [-0.4, -0.2) is 86.1 Å². The number of hydrogen-bond acceptors (Lipinski definition) is 7. The van der Waals surface area contributed by atoms with Crippen LogP contribution in [0, 0.1) is 50.7 Å². The zero-order valence-corrected chi connectivity index (χ0v) is 34.5. The maximum atomic E-state index is 12.1. The molecule has 1 aliphatic heterocycles. The molecule has 7 rings (SSSR count). The summed E-state index contributed by atoms with van der Waals surface area (Å²) in [4.78, 5) is 2.30. The van der Waals surface area contributed by atoms with Gasteiger partial charge < -0.3 is 25.2 Å². The smallest absolute Gasteiger partial charge is 0.152 e. The summed E-state index contributed by atoms with van der Waals surface area (Å²) < 4.78 is 29.6. The van der Waals surface area contributed by atoms with Gasteiger partial charge in [0, 0.05) is 38.8 Å². The summed E-state index contributed by atoms with van der Waals surface area (Å²) in [6.07, 6.45) is 12.8. The van der Waals surface area contributed by atoms with Gasteiger partial charge in [-0.15, -0.1) is 0 Å². The molecule has 4 saturated carbocycles. The minimum absolute atomic E-state index is 0.00344. The minimum Gasteiger partial charge on any atom is -0.393 e. The molecular formula is C44H70N2O5S. The van der Waals surface area contributed by atoms with E-state index in [2.05, 4.69) is 82.1 Å². The first-order chi connectivity index (χ1) is 24.3. The molecule has 0 bridgehead atoms. The molecule has 0 radical (unpaired) electrons. The van der Waals surface area contributed by atoms with Crippen molar-refractivity contribution in [1.82, 2.24) is 10.2 Å². The second-order valence-electron chi connectivity index (χ2n) is 20.2. The largest absolute Gasteiger partial charge is 0.393 e. The number of aliphatic hydroxyl groups excluding tert-OH is 1. The lowest BCUT2D eigenvalue weighted by Crippen LogP contribution is -2.72. The van der Waals surface area contributed by atoms with Gasteiger partial charge in [-0.1, -0.05) is 71.9 Å². The van der Waals surface area contributed by atoms with Gasteiger partial charge in [-0.2, -0.15) is 0 Å². The summed E-state index contributed by atoms with van der Waals surface area (Å²) in [5.74, 6) is 2.18. The predicted octanol–water partition coefficient (Wildman–Crippen LogP) is 7.11. The van der Waals surface area contributed by atoms with Crippen molar-refractivity contribution in [2.45, 2.75) is 124 Å². The van der Waals surface area contributed by atoms with Crippen LogP contribution in [0.15, 0.2) is 30.3 Å². The van der Waals surface area contributed by atoms with Crippen LogP contribution in [0.5, 0.6) is 0 Å². The standard InChI is InChI=1S/C44H70N2O5S/c1-38(2)33(32-11-9-31(10-12-32)29-51-8)15-18-39(3)34(38)16-19-40(4)35(39)13-14-36-41(40,5)21-22-44(20-17-37(43(36,44)7)42(6,48)30-47)45-23-24-46-25-27-52(49,50)28-26-46/h9-12,15,34-37,45,47-48H,13-14,16-30H2,1-8H3. The van der Waals surface area contributed by atoms with Crippen LogP contribution in [-0.2, 0) is 21.2 Å². The predicted molar refractivity (Wildman–Crippen MR) is 210 cm³/mol. The molecule has 1 aromatic rings. The molecule has 0 amide bonds. The van der Waals surface area contributed by atoms with E-state index in [1.807, 2.05) is 6.92 Å². The molecule has 10 unspecified atom stereocenters. The first-order valence-corrected chi connectivity index (χ1v) is 22.5. The molecule has 10 atom stereocenters. The molecule has 5 aliphatic carbocycles. The summed E-state index contributed by atoms with van der Waals surface area (Å²) in [6, 6.07) is 9.08. The van der Waals surface area contributed by atoms with Gasteiger partial charge in [-0.3, -0.25) is 0 Å². The van der Waals surface area contributed by atoms with E-state index in [0.717, 1.165) is 38.8 Å². The Balaban J connectivity index is 1.19. The molecule has 1 saturated heterocycles. The van der Waals surface area contributed by atoms with Crippen molar-refractivity contribution >= 4 is 15.4 Å². The second kappa shape index (κ2) is 13.1. The minimum atomic E-state index is -2.91. The molecule has 3 N–H and O–H groups in total. The van der Waals surface area contributed by atoms with Crippen molar-refractivity contribution in [3.63, 3.8) is 0 Å². The molecule has 5 fully saturated rings. The average molecular weight is 739 g/mol. The number of nitrogens with one attached hydrogen (secondary N) is 1. The Kier molecular flexibility index (Phi) is 9.85. The van der Waals surface area contributed by atoms with Gasteiger partial charge in [-0.05, 0) is 132 Å².